The highest BCUT2D eigenvalue weighted by Gasteiger charge is 2.83. The molecule has 0 aliphatic carbocycles. The van der Waals surface area contributed by atoms with Crippen LogP contribution in [-0.2, 0) is 39.8 Å². The van der Waals surface area contributed by atoms with E-state index in [9.17, 15) is 58.3 Å². The molecule has 1 saturated heterocycles. The van der Waals surface area contributed by atoms with Gasteiger partial charge in [-0.2, -0.15) is 26.3 Å². The standard InChI is InChI=1S/C18H30.C16H25F5O3.C11H17F5O2.C7H14O2/c1-9-18(7,8)11-10-17-15(5)13(3)12(2)14(4)16(17)6;1-8-11(2,3)10(22)23-9-13(6)12(4,5)24-14(7,15(13,17)18)16(19,20)21;1-5-9(2,3)8(17)18-6-10(4,7(12)13)11(14,15)16;1-5-7(2,3)6(8)9-4/h9-11H2,1-8H3;8-9H2,1-7H3;7H,5-6H2,1-4H3;5H2,1-4H3. The van der Waals surface area contributed by atoms with Crippen LogP contribution in [0.2, 0.25) is 0 Å². The first-order valence-corrected chi connectivity index (χ1v) is 23.5. The molecule has 1 aromatic rings. The maximum absolute atomic E-state index is 14.8. The van der Waals surface area contributed by atoms with E-state index in [1.807, 2.05) is 20.8 Å². The monoisotopic (exact) mass is 1010 g/mol. The Morgan fingerprint density at radius 2 is 0.957 bits per heavy atom. The van der Waals surface area contributed by atoms with Crippen LogP contribution in [0.4, 0.5) is 43.9 Å². The van der Waals surface area contributed by atoms with Crippen LogP contribution in [0.1, 0.15) is 183 Å². The quantitative estimate of drug-likeness (QED) is 0.0982. The predicted octanol–water partition coefficient (Wildman–Crippen LogP) is 15.7. The Morgan fingerprint density at radius 1 is 0.594 bits per heavy atom. The van der Waals surface area contributed by atoms with E-state index in [0.29, 0.717) is 32.1 Å². The lowest BCUT2D eigenvalue weighted by atomic mass is 9.69. The molecule has 1 aliphatic rings. The molecular formula is C52H86F10O7. The number of benzene rings is 1. The Morgan fingerprint density at radius 3 is 1.25 bits per heavy atom. The molecular weight excluding hydrogens is 927 g/mol. The van der Waals surface area contributed by atoms with E-state index < -0.39 is 82.7 Å². The van der Waals surface area contributed by atoms with Crippen LogP contribution in [0.3, 0.4) is 0 Å². The van der Waals surface area contributed by atoms with E-state index >= 15 is 0 Å². The topological polar surface area (TPSA) is 88.1 Å². The van der Waals surface area contributed by atoms with Gasteiger partial charge in [-0.15, -0.1) is 0 Å². The van der Waals surface area contributed by atoms with Crippen LogP contribution in [0, 0.1) is 67.1 Å². The molecule has 1 fully saturated rings. The molecule has 0 amide bonds. The molecule has 7 nitrogen and oxygen atoms in total. The molecule has 69 heavy (non-hydrogen) atoms. The zero-order valence-electron chi connectivity index (χ0n) is 45.9. The van der Waals surface area contributed by atoms with Crippen molar-refractivity contribution in [2.24, 2.45) is 32.5 Å². The Hall–Kier alpha value is -3.11. The molecule has 0 saturated carbocycles. The summed E-state index contributed by atoms with van der Waals surface area (Å²) in [6.07, 6.45) is -8.75. The van der Waals surface area contributed by atoms with E-state index in [4.69, 9.17) is 9.47 Å². The third-order valence-electron chi connectivity index (χ3n) is 15.4. The third-order valence-corrected chi connectivity index (χ3v) is 15.4. The summed E-state index contributed by atoms with van der Waals surface area (Å²) in [6.45, 7) is 35.3. The van der Waals surface area contributed by atoms with Gasteiger partial charge in [0, 0.05) is 0 Å². The summed E-state index contributed by atoms with van der Waals surface area (Å²) in [4.78, 5) is 34.3. The van der Waals surface area contributed by atoms with E-state index in [0.717, 1.165) is 27.2 Å². The smallest absolute Gasteiger partial charge is 0.423 e. The third kappa shape index (κ3) is 15.7. The zero-order valence-corrected chi connectivity index (χ0v) is 45.9. The molecule has 0 radical (unpaired) electrons. The minimum Gasteiger partial charge on any atom is -0.469 e. The highest BCUT2D eigenvalue weighted by Crippen LogP contribution is 2.65. The van der Waals surface area contributed by atoms with Gasteiger partial charge in [-0.1, -0.05) is 48.0 Å². The largest absolute Gasteiger partial charge is 0.469 e. The van der Waals surface area contributed by atoms with Gasteiger partial charge in [0.25, 0.3) is 12.3 Å². The number of ether oxygens (including phenoxy) is 4. The minimum absolute atomic E-state index is 0.134. The second-order valence-electron chi connectivity index (χ2n) is 22.2. The molecule has 17 heteroatoms. The average molecular weight is 1010 g/mol. The summed E-state index contributed by atoms with van der Waals surface area (Å²) in [5.41, 5.74) is -3.88. The molecule has 1 aromatic carbocycles. The van der Waals surface area contributed by atoms with Gasteiger partial charge in [0.05, 0.1) is 34.4 Å². The summed E-state index contributed by atoms with van der Waals surface area (Å²) in [5, 5.41) is 0. The van der Waals surface area contributed by atoms with Crippen molar-refractivity contribution in [3.05, 3.63) is 33.4 Å². The van der Waals surface area contributed by atoms with Crippen LogP contribution < -0.4 is 0 Å². The normalized spacial score (nSPS) is 20.3. The van der Waals surface area contributed by atoms with Gasteiger partial charge in [0.15, 0.2) is 5.41 Å². The van der Waals surface area contributed by atoms with Gasteiger partial charge in [0.2, 0.25) is 5.60 Å². The number of rotatable bonds is 15. The van der Waals surface area contributed by atoms with Crippen LogP contribution in [0.5, 0.6) is 0 Å². The average Bonchev–Trinajstić information content (AvgIpc) is 3.35. The molecule has 2 rings (SSSR count). The lowest BCUT2D eigenvalue weighted by molar-refractivity contribution is -0.322. The van der Waals surface area contributed by atoms with Gasteiger partial charge in [-0.05, 0) is 182 Å². The summed E-state index contributed by atoms with van der Waals surface area (Å²) in [6, 6.07) is 0. The number of alkyl halides is 10. The van der Waals surface area contributed by atoms with Crippen molar-refractivity contribution >= 4 is 17.9 Å². The SMILES string of the molecule is CCC(C)(C)C(=O)OC.CCC(C)(C)C(=O)OCC(C)(C(F)F)C(F)(F)F.CCC(C)(C)C(=O)OCC1(C)C(C)(C)OC(C)(C(F)(F)F)C1(F)F.CCC(C)(C)CCc1c(C)c(C)c(C)c(C)c1C. The number of hydrogen-bond acceptors (Lipinski definition) is 7. The maximum atomic E-state index is 14.8. The fourth-order valence-electron chi connectivity index (χ4n) is 6.48. The van der Waals surface area contributed by atoms with E-state index in [-0.39, 0.29) is 11.4 Å². The van der Waals surface area contributed by atoms with Gasteiger partial charge < -0.3 is 18.9 Å². The Kier molecular flexibility index (Phi) is 23.7. The molecule has 3 atom stereocenters. The second kappa shape index (κ2) is 24.1. The van der Waals surface area contributed by atoms with E-state index in [1.165, 1.54) is 68.0 Å². The first-order valence-electron chi connectivity index (χ1n) is 23.5. The van der Waals surface area contributed by atoms with Crippen molar-refractivity contribution in [3.8, 4) is 0 Å². The molecule has 406 valence electrons. The van der Waals surface area contributed by atoms with Gasteiger partial charge in [-0.25, -0.2) is 17.6 Å². The highest BCUT2D eigenvalue weighted by molar-refractivity contribution is 5.76. The maximum Gasteiger partial charge on any atom is 0.423 e. The van der Waals surface area contributed by atoms with Crippen molar-refractivity contribution in [2.75, 3.05) is 20.3 Å². The molecule has 1 heterocycles. The fraction of sp³-hybridized carbons (Fsp3) is 0.827. The molecule has 0 N–H and O–H groups in total. The summed E-state index contributed by atoms with van der Waals surface area (Å²) < 4.78 is 151. The second-order valence-corrected chi connectivity index (χ2v) is 22.2. The number of esters is 3. The zero-order chi connectivity index (χ0) is 55.8. The van der Waals surface area contributed by atoms with Crippen LogP contribution in [0.25, 0.3) is 0 Å². The van der Waals surface area contributed by atoms with Crippen LogP contribution >= 0.6 is 0 Å². The summed E-state index contributed by atoms with van der Waals surface area (Å²) in [7, 11) is 1.42. The predicted molar refractivity (Wildman–Crippen MR) is 252 cm³/mol. The van der Waals surface area contributed by atoms with Crippen molar-refractivity contribution in [3.63, 3.8) is 0 Å². The lowest BCUT2D eigenvalue weighted by Gasteiger charge is -2.40. The first kappa shape index (κ1) is 68.0. The number of halogens is 10. The number of carbonyl (C=O) groups excluding carboxylic acids is 3. The van der Waals surface area contributed by atoms with Crippen molar-refractivity contribution < 1.29 is 77.2 Å². The van der Waals surface area contributed by atoms with Crippen molar-refractivity contribution in [2.45, 2.75) is 227 Å². The molecule has 0 bridgehead atoms. The highest BCUT2D eigenvalue weighted by atomic mass is 19.4. The van der Waals surface area contributed by atoms with Crippen molar-refractivity contribution in [1.29, 1.82) is 0 Å². The minimum atomic E-state index is -5.28. The van der Waals surface area contributed by atoms with Gasteiger partial charge in [0.1, 0.15) is 13.2 Å². The van der Waals surface area contributed by atoms with Crippen LogP contribution in [0.15, 0.2) is 0 Å². The first-order chi connectivity index (χ1) is 30.5. The molecule has 3 unspecified atom stereocenters. The Bertz CT molecular complexity index is 1840. The fourth-order valence-corrected chi connectivity index (χ4v) is 6.48. The van der Waals surface area contributed by atoms with Gasteiger partial charge >= 0.3 is 30.3 Å². The molecule has 0 aromatic heterocycles. The van der Waals surface area contributed by atoms with Crippen LogP contribution in [-0.4, -0.2) is 74.1 Å². The summed E-state index contributed by atoms with van der Waals surface area (Å²) in [5.74, 6) is -6.08. The number of hydrogen-bond donors (Lipinski definition) is 0. The molecule has 0 spiro atoms. The summed E-state index contributed by atoms with van der Waals surface area (Å²) >= 11 is 0. The van der Waals surface area contributed by atoms with Gasteiger partial charge in [-0.3, -0.25) is 14.4 Å². The number of methoxy groups -OCH3 is 1. The Labute approximate surface area is 407 Å². The van der Waals surface area contributed by atoms with Crippen molar-refractivity contribution in [1.82, 2.24) is 0 Å². The number of carbonyl (C=O) groups is 3. The lowest BCUT2D eigenvalue weighted by Crippen LogP contribution is -2.60. The molecule has 1 aliphatic heterocycles. The van der Waals surface area contributed by atoms with E-state index in [2.05, 4.69) is 64.9 Å². The Balaban J connectivity index is 0. The van der Waals surface area contributed by atoms with E-state index in [1.54, 1.807) is 33.3 Å².